The second kappa shape index (κ2) is 79.0. The molecule has 0 aromatic carbocycles. The highest BCUT2D eigenvalue weighted by Gasteiger charge is 2.42. The number of nitrogens with two attached hydrogens (primary N) is 2. The molecule has 14 heteroatoms. The molecule has 0 aliphatic rings. The molecule has 0 aliphatic heterocycles. The summed E-state index contributed by atoms with van der Waals surface area (Å²) < 4.78 is 13.1. The summed E-state index contributed by atoms with van der Waals surface area (Å²) in [6.45, 7) is 13.1. The van der Waals surface area contributed by atoms with Crippen LogP contribution in [0.2, 0.25) is 0 Å². The molecule has 602 valence electrons. The summed E-state index contributed by atoms with van der Waals surface area (Å²) in [4.78, 5) is 73.7. The number of esters is 2. The standard InChI is InChI=1S/C85H164N6O7.C3H9N/c1-7-11-15-19-23-27-31-33-35-37-41-45-49-53-57-65-83(94)97-76-82(98-84(95)66-58-54-50-46-42-38-36-34-32-28-24-20-16-12-8-2)80(91(5,6)73-72-90-85(96)79(89-71-61-68-87)63-59-69-88-70-60-67-86)75-77(81(93)64-56-52-48-44-40-30-26-22-18-14-10-4)74-78(92)62-55-51-47-43-39-29-25-21-17-13-9-3;1-4(2)3/h33-36,77,79-80,82,88-89H,7-32,37-76,86-87H2,1-6H3;1-3H3/p+1. The summed E-state index contributed by atoms with van der Waals surface area (Å²) in [6.07, 6.45) is 69.9. The van der Waals surface area contributed by atoms with E-state index in [1.54, 1.807) is 0 Å². The van der Waals surface area contributed by atoms with Crippen LogP contribution in [-0.2, 0) is 33.4 Å². The molecule has 0 aromatic rings. The van der Waals surface area contributed by atoms with Gasteiger partial charge in [0.1, 0.15) is 24.2 Å². The van der Waals surface area contributed by atoms with E-state index in [1.807, 2.05) is 26.0 Å². The zero-order valence-electron chi connectivity index (χ0n) is 69.2. The molecular weight excluding hydrogens is 1270 g/mol. The van der Waals surface area contributed by atoms with Crippen LogP contribution >= 0.6 is 0 Å². The van der Waals surface area contributed by atoms with Crippen LogP contribution in [-0.4, -0.2) is 145 Å². The van der Waals surface area contributed by atoms with E-state index in [0.29, 0.717) is 64.8 Å². The Morgan fingerprint density at radius 2 is 0.775 bits per heavy atom. The third-order valence-electron chi connectivity index (χ3n) is 20.3. The summed E-state index contributed by atoms with van der Waals surface area (Å²) >= 11 is 0. The van der Waals surface area contributed by atoms with Gasteiger partial charge < -0.3 is 46.3 Å². The van der Waals surface area contributed by atoms with E-state index in [-0.39, 0.29) is 59.8 Å². The number of Topliss-reactive ketones (excluding diaryl/α,β-unsaturated/α-hetero) is 2. The Hall–Kier alpha value is -3.01. The Kier molecular flexibility index (Phi) is 78.3. The van der Waals surface area contributed by atoms with Crippen molar-refractivity contribution in [3.05, 3.63) is 24.3 Å². The number of hydrogen-bond donors (Lipinski definition) is 5. The monoisotopic (exact) mass is 1440 g/mol. The van der Waals surface area contributed by atoms with E-state index >= 15 is 0 Å². The highest BCUT2D eigenvalue weighted by atomic mass is 16.6. The first kappa shape index (κ1) is 101. The molecule has 0 saturated carbocycles. The molecule has 0 spiro atoms. The lowest BCUT2D eigenvalue weighted by atomic mass is 9.84. The Morgan fingerprint density at radius 1 is 0.422 bits per heavy atom. The van der Waals surface area contributed by atoms with Crippen LogP contribution in [0.5, 0.6) is 0 Å². The number of ether oxygens (including phenoxy) is 2. The summed E-state index contributed by atoms with van der Waals surface area (Å²) in [5.41, 5.74) is 11.6. The normalized spacial score (nSPS) is 13.0. The van der Waals surface area contributed by atoms with Crippen LogP contribution < -0.4 is 27.4 Å². The maximum Gasteiger partial charge on any atom is 0.306 e. The van der Waals surface area contributed by atoms with Crippen LogP contribution in [0.4, 0.5) is 0 Å². The first-order valence-electron chi connectivity index (χ1n) is 43.9. The van der Waals surface area contributed by atoms with Crippen LogP contribution in [0, 0.1) is 5.92 Å². The summed E-state index contributed by atoms with van der Waals surface area (Å²) in [5.74, 6) is -1.12. The number of quaternary nitrogens is 1. The molecule has 14 nitrogen and oxygen atoms in total. The average molecular weight is 1440 g/mol. The van der Waals surface area contributed by atoms with Gasteiger partial charge in [-0.2, -0.15) is 0 Å². The molecule has 0 aliphatic carbocycles. The first-order valence-corrected chi connectivity index (χ1v) is 43.9. The summed E-state index contributed by atoms with van der Waals surface area (Å²) in [5, 5.41) is 10.2. The van der Waals surface area contributed by atoms with Gasteiger partial charge in [-0.05, 0) is 157 Å². The molecule has 0 aromatic heterocycles. The van der Waals surface area contributed by atoms with E-state index in [0.717, 1.165) is 148 Å². The van der Waals surface area contributed by atoms with Crippen molar-refractivity contribution in [3.63, 3.8) is 0 Å². The fraction of sp³-hybridized carbons (Fsp3) is 0.898. The molecule has 0 rings (SSSR count). The predicted octanol–water partition coefficient (Wildman–Crippen LogP) is 21.2. The average Bonchev–Trinajstić information content (AvgIpc) is 0.816. The Balaban J connectivity index is 0. The third kappa shape index (κ3) is 71.3. The minimum Gasteiger partial charge on any atom is -0.461 e. The summed E-state index contributed by atoms with van der Waals surface area (Å²) in [7, 11) is 10.2. The summed E-state index contributed by atoms with van der Waals surface area (Å²) in [6, 6.07) is -0.934. The van der Waals surface area contributed by atoms with Gasteiger partial charge in [0.25, 0.3) is 0 Å². The third-order valence-corrected chi connectivity index (χ3v) is 20.3. The van der Waals surface area contributed by atoms with Gasteiger partial charge in [0, 0.05) is 44.4 Å². The smallest absolute Gasteiger partial charge is 0.306 e. The number of hydrogen-bond acceptors (Lipinski definition) is 12. The van der Waals surface area contributed by atoms with Crippen LogP contribution in [0.25, 0.3) is 0 Å². The van der Waals surface area contributed by atoms with Crippen molar-refractivity contribution in [1.82, 2.24) is 20.9 Å². The predicted molar refractivity (Wildman–Crippen MR) is 439 cm³/mol. The van der Waals surface area contributed by atoms with Crippen LogP contribution in [0.3, 0.4) is 0 Å². The molecule has 0 bridgehead atoms. The highest BCUT2D eigenvalue weighted by molar-refractivity contribution is 5.88. The van der Waals surface area contributed by atoms with Crippen molar-refractivity contribution < 1.29 is 37.9 Å². The highest BCUT2D eigenvalue weighted by Crippen LogP contribution is 2.29. The quantitative estimate of drug-likeness (QED) is 0.0168. The van der Waals surface area contributed by atoms with Gasteiger partial charge in [0.15, 0.2) is 6.10 Å². The topological polar surface area (TPSA) is 195 Å². The maximum atomic E-state index is 15.0. The van der Waals surface area contributed by atoms with Crippen molar-refractivity contribution in [2.45, 2.75) is 418 Å². The van der Waals surface area contributed by atoms with E-state index in [2.05, 4.69) is 82.0 Å². The number of unbranched alkanes of at least 4 members (excludes halogenated alkanes) is 42. The molecule has 4 atom stereocenters. The largest absolute Gasteiger partial charge is 0.461 e. The lowest BCUT2D eigenvalue weighted by Gasteiger charge is -2.42. The maximum absolute atomic E-state index is 15.0. The molecular formula is C88H174N7O7+. The van der Waals surface area contributed by atoms with Crippen LogP contribution in [0.15, 0.2) is 24.3 Å². The number of likely N-dealkylation sites (N-methyl/N-ethyl adjacent to an activating group) is 1. The zero-order chi connectivity index (χ0) is 75.3. The van der Waals surface area contributed by atoms with Gasteiger partial charge in [-0.1, -0.05) is 283 Å². The fourth-order valence-electron chi connectivity index (χ4n) is 13.7. The molecule has 1 amide bonds. The molecule has 0 saturated heterocycles. The number of carbonyl (C=O) groups excluding carboxylic acids is 5. The van der Waals surface area contributed by atoms with Gasteiger partial charge >= 0.3 is 11.9 Å². The molecule has 7 N–H and O–H groups in total. The van der Waals surface area contributed by atoms with E-state index in [1.165, 1.54) is 186 Å². The number of carbonyl (C=O) groups is 5. The minimum atomic E-state index is -0.883. The lowest BCUT2D eigenvalue weighted by molar-refractivity contribution is -0.918. The van der Waals surface area contributed by atoms with Crippen molar-refractivity contribution in [1.29, 1.82) is 0 Å². The van der Waals surface area contributed by atoms with Gasteiger partial charge in [0.05, 0.1) is 33.2 Å². The van der Waals surface area contributed by atoms with Crippen molar-refractivity contribution in [2.75, 3.05) is 87.7 Å². The van der Waals surface area contributed by atoms with E-state index in [4.69, 9.17) is 20.9 Å². The van der Waals surface area contributed by atoms with Crippen molar-refractivity contribution in [2.24, 2.45) is 17.4 Å². The Morgan fingerprint density at radius 3 is 1.19 bits per heavy atom. The minimum absolute atomic E-state index is 0.0823. The molecule has 0 radical (unpaired) electrons. The number of ketones is 2. The van der Waals surface area contributed by atoms with Gasteiger partial charge in [-0.15, -0.1) is 0 Å². The number of rotatable bonds is 79. The molecule has 4 unspecified atom stereocenters. The second-order valence-electron chi connectivity index (χ2n) is 31.5. The molecule has 0 fully saturated rings. The van der Waals surface area contributed by atoms with Gasteiger partial charge in [-0.25, -0.2) is 0 Å². The lowest BCUT2D eigenvalue weighted by Crippen LogP contribution is -2.60. The van der Waals surface area contributed by atoms with Gasteiger partial charge in [0.2, 0.25) is 5.91 Å². The SMILES string of the molecule is CCCCCCCCC=CCCCCCCCC(=O)OCC(OC(=O)CCCCCCCC=CCCCCCCCC)C(CC(CC(=O)CCCCCCCCCCCCC)C(=O)CCCCCCCCCCCCC)[N+](C)(C)CCNC(=O)C(CCCNCCCN)NCCCN.CN(C)C. The number of nitrogens with zero attached hydrogens (tertiary/aromatic N) is 2. The second-order valence-corrected chi connectivity index (χ2v) is 31.5. The number of allylic oxidation sites excluding steroid dienone is 4. The van der Waals surface area contributed by atoms with E-state index < -0.39 is 24.1 Å². The fourth-order valence-corrected chi connectivity index (χ4v) is 13.7. The number of amides is 1. The Bertz CT molecular complexity index is 1900. The zero-order valence-corrected chi connectivity index (χ0v) is 69.2. The van der Waals surface area contributed by atoms with Gasteiger partial charge in [-0.3, -0.25) is 24.0 Å². The van der Waals surface area contributed by atoms with Crippen molar-refractivity contribution in [3.8, 4) is 0 Å². The Labute approximate surface area is 632 Å². The van der Waals surface area contributed by atoms with Crippen molar-refractivity contribution >= 4 is 29.4 Å². The van der Waals surface area contributed by atoms with E-state index in [9.17, 15) is 24.0 Å². The molecule has 0 heterocycles. The number of nitrogens with one attached hydrogen (secondary N) is 3. The molecule has 102 heavy (non-hydrogen) atoms. The first-order chi connectivity index (χ1) is 49.6. The van der Waals surface area contributed by atoms with Crippen LogP contribution in [0.1, 0.15) is 400 Å².